The van der Waals surface area contributed by atoms with Gasteiger partial charge >= 0.3 is 0 Å². The average Bonchev–Trinajstić information content (AvgIpc) is 2.57. The third-order valence-corrected chi connectivity index (χ3v) is 2.64. The topological polar surface area (TPSA) is 17.1 Å². The third kappa shape index (κ3) is 0.788. The Balaban J connectivity index is 2.62. The fourth-order valence-corrected chi connectivity index (χ4v) is 2.01. The fraction of sp³-hybridized carbons (Fsp3) is 0.0833. The number of allylic oxidation sites excluding steroid dienone is 1. The van der Waals surface area contributed by atoms with Crippen molar-refractivity contribution in [2.75, 3.05) is 0 Å². The van der Waals surface area contributed by atoms with Crippen LogP contribution in [-0.2, 0) is 4.79 Å². The second-order valence-corrected chi connectivity index (χ2v) is 3.39. The Morgan fingerprint density at radius 1 is 1.15 bits per heavy atom. The lowest BCUT2D eigenvalue weighted by molar-refractivity contribution is -0.112. The van der Waals surface area contributed by atoms with E-state index in [4.69, 9.17) is 0 Å². The zero-order valence-corrected chi connectivity index (χ0v) is 7.08. The van der Waals surface area contributed by atoms with Crippen LogP contribution < -0.4 is 10.4 Å². The Labute approximate surface area is 75.7 Å². The van der Waals surface area contributed by atoms with E-state index in [0.29, 0.717) is 6.42 Å². The summed E-state index contributed by atoms with van der Waals surface area (Å²) in [4.78, 5) is 11.5. The number of rotatable bonds is 0. The quantitative estimate of drug-likeness (QED) is 0.555. The van der Waals surface area contributed by atoms with Crippen LogP contribution in [0.4, 0.5) is 0 Å². The first-order valence-corrected chi connectivity index (χ1v) is 4.41. The molecule has 0 radical (unpaired) electrons. The van der Waals surface area contributed by atoms with Crippen molar-refractivity contribution in [2.24, 2.45) is 0 Å². The van der Waals surface area contributed by atoms with E-state index in [9.17, 15) is 4.79 Å². The van der Waals surface area contributed by atoms with Crippen LogP contribution in [0, 0.1) is 0 Å². The molecule has 0 saturated heterocycles. The lowest BCUT2D eigenvalue weighted by Crippen LogP contribution is -2.32. The molecule has 0 heterocycles. The van der Waals surface area contributed by atoms with E-state index in [1.165, 1.54) is 10.8 Å². The zero-order chi connectivity index (χ0) is 8.84. The Hall–Kier alpha value is -1.63. The Morgan fingerprint density at radius 2 is 2.08 bits per heavy atom. The highest BCUT2D eigenvalue weighted by Gasteiger charge is 2.15. The minimum atomic E-state index is 0.244. The van der Waals surface area contributed by atoms with Gasteiger partial charge in [0, 0.05) is 12.0 Å². The fourth-order valence-electron chi connectivity index (χ4n) is 2.01. The van der Waals surface area contributed by atoms with Gasteiger partial charge in [0.25, 0.3) is 0 Å². The number of carbonyl (C=O) groups excluding carboxylic acids is 1. The smallest absolute Gasteiger partial charge is 0.167 e. The maximum Gasteiger partial charge on any atom is 0.167 e. The van der Waals surface area contributed by atoms with Crippen molar-refractivity contribution in [3.8, 4) is 0 Å². The highest BCUT2D eigenvalue weighted by atomic mass is 16.1. The van der Waals surface area contributed by atoms with E-state index in [2.05, 4.69) is 12.1 Å². The second kappa shape index (κ2) is 2.19. The van der Waals surface area contributed by atoms with Crippen LogP contribution in [0.15, 0.2) is 24.3 Å². The number of ketones is 1. The maximum atomic E-state index is 11.5. The number of carbonyl (C=O) groups is 1. The van der Waals surface area contributed by atoms with Gasteiger partial charge in [-0.15, -0.1) is 0 Å². The van der Waals surface area contributed by atoms with Gasteiger partial charge in [0.05, 0.1) is 0 Å². The third-order valence-electron chi connectivity index (χ3n) is 2.64. The largest absolute Gasteiger partial charge is 0.294 e. The van der Waals surface area contributed by atoms with Crippen LogP contribution in [0.1, 0.15) is 12.0 Å². The summed E-state index contributed by atoms with van der Waals surface area (Å²) in [5.41, 5.74) is 2.07. The summed E-state index contributed by atoms with van der Waals surface area (Å²) >= 11 is 0. The minimum absolute atomic E-state index is 0.244. The SMILES string of the molecule is O=C1CC=c2cccc3c2=C1C=C3. The molecule has 2 aliphatic rings. The van der Waals surface area contributed by atoms with Crippen LogP contribution in [0.3, 0.4) is 0 Å². The molecule has 2 aliphatic carbocycles. The van der Waals surface area contributed by atoms with Gasteiger partial charge in [0.2, 0.25) is 0 Å². The van der Waals surface area contributed by atoms with Crippen molar-refractivity contribution in [3.05, 3.63) is 40.3 Å². The Kier molecular flexibility index (Phi) is 1.15. The molecule has 1 nitrogen and oxygen atoms in total. The predicted octanol–water partition coefficient (Wildman–Crippen LogP) is 0.617. The molecule has 62 valence electrons. The first kappa shape index (κ1) is 6.84. The monoisotopic (exact) mass is 168 g/mol. The van der Waals surface area contributed by atoms with Gasteiger partial charge in [0.15, 0.2) is 5.78 Å². The minimum Gasteiger partial charge on any atom is -0.294 e. The summed E-state index contributed by atoms with van der Waals surface area (Å²) < 4.78 is 0. The lowest BCUT2D eigenvalue weighted by atomic mass is 10.00. The van der Waals surface area contributed by atoms with Gasteiger partial charge in [-0.1, -0.05) is 36.4 Å². The van der Waals surface area contributed by atoms with Gasteiger partial charge in [0.1, 0.15) is 0 Å². The molecule has 13 heavy (non-hydrogen) atoms. The summed E-state index contributed by atoms with van der Waals surface area (Å²) in [6.07, 6.45) is 6.52. The maximum absolute atomic E-state index is 11.5. The molecular formula is C12H8O. The molecular weight excluding hydrogens is 160 g/mol. The summed E-state index contributed by atoms with van der Waals surface area (Å²) in [5, 5.41) is 2.34. The summed E-state index contributed by atoms with van der Waals surface area (Å²) in [6, 6.07) is 6.15. The normalized spacial score (nSPS) is 17.2. The predicted molar refractivity (Wildman–Crippen MR) is 52.2 cm³/mol. The number of benzene rings is 1. The second-order valence-electron chi connectivity index (χ2n) is 3.39. The molecule has 0 aromatic heterocycles. The van der Waals surface area contributed by atoms with Crippen molar-refractivity contribution >= 4 is 23.5 Å². The van der Waals surface area contributed by atoms with E-state index < -0.39 is 0 Å². The molecule has 0 aliphatic heterocycles. The van der Waals surface area contributed by atoms with Crippen LogP contribution in [0.5, 0.6) is 0 Å². The van der Waals surface area contributed by atoms with Crippen LogP contribution >= 0.6 is 0 Å². The highest BCUT2D eigenvalue weighted by molar-refractivity contribution is 6.23. The van der Waals surface area contributed by atoms with E-state index in [1.54, 1.807) is 0 Å². The van der Waals surface area contributed by atoms with Crippen LogP contribution in [0.25, 0.3) is 17.7 Å². The summed E-state index contributed by atoms with van der Waals surface area (Å²) in [5.74, 6) is 0.244. The average molecular weight is 168 g/mol. The van der Waals surface area contributed by atoms with Crippen molar-refractivity contribution in [3.63, 3.8) is 0 Å². The van der Waals surface area contributed by atoms with Crippen molar-refractivity contribution < 1.29 is 4.79 Å². The zero-order valence-electron chi connectivity index (χ0n) is 7.08. The molecule has 3 rings (SSSR count). The van der Waals surface area contributed by atoms with Crippen LogP contribution in [-0.4, -0.2) is 5.78 Å². The molecule has 0 fully saturated rings. The molecule has 0 atom stereocenters. The van der Waals surface area contributed by atoms with Gasteiger partial charge in [-0.25, -0.2) is 0 Å². The first-order chi connectivity index (χ1) is 6.36. The van der Waals surface area contributed by atoms with Crippen molar-refractivity contribution in [1.82, 2.24) is 0 Å². The molecule has 1 aromatic carbocycles. The lowest BCUT2D eigenvalue weighted by Gasteiger charge is -2.03. The van der Waals surface area contributed by atoms with Gasteiger partial charge in [-0.05, 0) is 16.0 Å². The molecule has 1 heteroatoms. The van der Waals surface area contributed by atoms with Gasteiger partial charge in [-0.2, -0.15) is 0 Å². The molecule has 0 unspecified atom stereocenters. The molecule has 0 saturated carbocycles. The van der Waals surface area contributed by atoms with E-state index in [0.717, 1.165) is 10.8 Å². The standard InChI is InChI=1S/C12H8O/c13-11-7-5-9-3-1-2-8-4-6-10(11)12(8)9/h1-6H,7H2. The van der Waals surface area contributed by atoms with Crippen molar-refractivity contribution in [2.45, 2.75) is 6.42 Å². The molecule has 0 amide bonds. The summed E-state index contributed by atoms with van der Waals surface area (Å²) in [6.45, 7) is 0. The van der Waals surface area contributed by atoms with Crippen molar-refractivity contribution in [1.29, 1.82) is 0 Å². The summed E-state index contributed by atoms with van der Waals surface area (Å²) in [7, 11) is 0. The highest BCUT2D eigenvalue weighted by Crippen LogP contribution is 2.13. The Morgan fingerprint density at radius 3 is 3.00 bits per heavy atom. The van der Waals surface area contributed by atoms with E-state index in [1.807, 2.05) is 24.3 Å². The molecule has 0 bridgehead atoms. The van der Waals surface area contributed by atoms with Crippen LogP contribution in [0.2, 0.25) is 0 Å². The number of Topliss-reactive ketones (excluding diaryl/α,β-unsaturated/α-hetero) is 1. The van der Waals surface area contributed by atoms with E-state index >= 15 is 0 Å². The number of hydrogen-bond donors (Lipinski definition) is 0. The number of hydrogen-bond acceptors (Lipinski definition) is 1. The first-order valence-electron chi connectivity index (χ1n) is 4.41. The molecule has 0 spiro atoms. The molecule has 0 N–H and O–H groups in total. The molecule has 1 aromatic rings. The Bertz CT molecular complexity index is 547. The van der Waals surface area contributed by atoms with Gasteiger partial charge in [-0.3, -0.25) is 4.79 Å². The van der Waals surface area contributed by atoms with Gasteiger partial charge < -0.3 is 0 Å². The van der Waals surface area contributed by atoms with E-state index in [-0.39, 0.29) is 5.78 Å².